The second-order valence-electron chi connectivity index (χ2n) is 7.15. The van der Waals surface area contributed by atoms with Crippen molar-refractivity contribution in [3.63, 3.8) is 0 Å². The standard InChI is InChI=1S/C19H23N3O4/c1-21-8-4-6-15(21)19(24)25-13-9-12-10-17(16(11-13)22(12)2)26-18(23)14-5-3-7-20-14/h3-8,12-13,16-17,20H,9-11H2,1-2H3/t12-,13-,16+,17-/m0/s1. The van der Waals surface area contributed by atoms with Gasteiger partial charge in [0, 0.05) is 44.7 Å². The van der Waals surface area contributed by atoms with E-state index in [2.05, 4.69) is 9.88 Å². The van der Waals surface area contributed by atoms with Crippen molar-refractivity contribution in [1.82, 2.24) is 14.5 Å². The summed E-state index contributed by atoms with van der Waals surface area (Å²) >= 11 is 0. The van der Waals surface area contributed by atoms with Crippen molar-refractivity contribution in [1.29, 1.82) is 0 Å². The Kier molecular flexibility index (Phi) is 4.32. The minimum absolute atomic E-state index is 0.0684. The molecule has 0 aromatic carbocycles. The van der Waals surface area contributed by atoms with Crippen LogP contribution >= 0.6 is 0 Å². The van der Waals surface area contributed by atoms with Gasteiger partial charge in [-0.25, -0.2) is 9.59 Å². The summed E-state index contributed by atoms with van der Waals surface area (Å²) in [6.45, 7) is 0. The zero-order valence-electron chi connectivity index (χ0n) is 14.9. The van der Waals surface area contributed by atoms with Gasteiger partial charge >= 0.3 is 11.9 Å². The topological polar surface area (TPSA) is 76.6 Å². The van der Waals surface area contributed by atoms with E-state index < -0.39 is 0 Å². The van der Waals surface area contributed by atoms with Crippen molar-refractivity contribution >= 4 is 11.9 Å². The Morgan fingerprint density at radius 1 is 1.08 bits per heavy atom. The van der Waals surface area contributed by atoms with Gasteiger partial charge in [0.1, 0.15) is 23.6 Å². The molecule has 2 bridgehead atoms. The summed E-state index contributed by atoms with van der Waals surface area (Å²) in [5.41, 5.74) is 1.01. The Morgan fingerprint density at radius 2 is 1.92 bits per heavy atom. The van der Waals surface area contributed by atoms with Crippen LogP contribution in [0.3, 0.4) is 0 Å². The van der Waals surface area contributed by atoms with E-state index in [4.69, 9.17) is 9.47 Å². The van der Waals surface area contributed by atoms with Gasteiger partial charge in [-0.2, -0.15) is 0 Å². The van der Waals surface area contributed by atoms with Gasteiger partial charge < -0.3 is 19.0 Å². The number of rotatable bonds is 4. The van der Waals surface area contributed by atoms with Crippen LogP contribution in [0, 0.1) is 0 Å². The molecule has 2 aliphatic heterocycles. The molecule has 1 N–H and O–H groups in total. The quantitative estimate of drug-likeness (QED) is 0.847. The molecule has 4 rings (SSSR count). The summed E-state index contributed by atoms with van der Waals surface area (Å²) in [5.74, 6) is -0.635. The van der Waals surface area contributed by atoms with Gasteiger partial charge in [-0.1, -0.05) is 0 Å². The summed E-state index contributed by atoms with van der Waals surface area (Å²) in [6, 6.07) is 7.38. The Bertz CT molecular complexity index is 798. The summed E-state index contributed by atoms with van der Waals surface area (Å²) in [5, 5.41) is 0. The first-order chi connectivity index (χ1) is 12.5. The van der Waals surface area contributed by atoms with Crippen LogP contribution in [0.25, 0.3) is 0 Å². The minimum atomic E-state index is -0.335. The number of hydrogen-bond donors (Lipinski definition) is 1. The van der Waals surface area contributed by atoms with E-state index in [1.54, 1.807) is 29.0 Å². The van der Waals surface area contributed by atoms with Crippen LogP contribution in [0.15, 0.2) is 36.7 Å². The summed E-state index contributed by atoms with van der Waals surface area (Å²) in [6.07, 6.45) is 5.40. The number of aromatic amines is 1. The Morgan fingerprint density at radius 3 is 2.62 bits per heavy atom. The maximum Gasteiger partial charge on any atom is 0.355 e. The molecule has 7 heteroatoms. The molecule has 0 radical (unpaired) electrons. The molecular weight excluding hydrogens is 334 g/mol. The average Bonchev–Trinajstić information content (AvgIpc) is 3.30. The molecule has 26 heavy (non-hydrogen) atoms. The van der Waals surface area contributed by atoms with Gasteiger partial charge in [-0.3, -0.25) is 4.90 Å². The molecule has 0 unspecified atom stereocenters. The molecule has 2 aliphatic rings. The van der Waals surface area contributed by atoms with Gasteiger partial charge in [0.15, 0.2) is 0 Å². The zero-order valence-corrected chi connectivity index (χ0v) is 14.9. The number of carbonyl (C=O) groups excluding carboxylic acids is 2. The monoisotopic (exact) mass is 357 g/mol. The molecule has 0 saturated carbocycles. The normalized spacial score (nSPS) is 28.1. The predicted molar refractivity (Wildman–Crippen MR) is 93.8 cm³/mol. The Hall–Kier alpha value is -2.54. The lowest BCUT2D eigenvalue weighted by atomic mass is 10.00. The van der Waals surface area contributed by atoms with Crippen LogP contribution in [0.2, 0.25) is 0 Å². The van der Waals surface area contributed by atoms with Crippen molar-refractivity contribution in [3.05, 3.63) is 48.0 Å². The lowest BCUT2D eigenvalue weighted by Gasteiger charge is -2.36. The van der Waals surface area contributed by atoms with Crippen LogP contribution in [0.1, 0.15) is 40.2 Å². The predicted octanol–water partition coefficient (Wildman–Crippen LogP) is 1.97. The van der Waals surface area contributed by atoms with E-state index in [-0.39, 0.29) is 36.2 Å². The number of piperidine rings is 1. The van der Waals surface area contributed by atoms with Crippen molar-refractivity contribution in [2.45, 2.75) is 43.6 Å². The third kappa shape index (κ3) is 3.03. The molecule has 2 fully saturated rings. The van der Waals surface area contributed by atoms with E-state index in [9.17, 15) is 9.59 Å². The first kappa shape index (κ1) is 16.9. The van der Waals surface area contributed by atoms with Crippen molar-refractivity contribution in [2.24, 2.45) is 7.05 Å². The maximum atomic E-state index is 12.4. The summed E-state index contributed by atoms with van der Waals surface area (Å²) in [4.78, 5) is 29.8. The second kappa shape index (κ2) is 6.64. The van der Waals surface area contributed by atoms with Crippen molar-refractivity contribution in [3.8, 4) is 0 Å². The van der Waals surface area contributed by atoms with Crippen LogP contribution < -0.4 is 0 Å². The molecule has 4 heterocycles. The SMILES string of the molecule is CN1[C@H]2C[C@H](OC(=O)c3cccn3C)C[C@@H]1[C@@H](OC(=O)c1ccc[nH]1)C2. The first-order valence-corrected chi connectivity index (χ1v) is 8.91. The molecule has 2 saturated heterocycles. The fourth-order valence-electron chi connectivity index (χ4n) is 4.14. The van der Waals surface area contributed by atoms with Crippen LogP contribution in [-0.2, 0) is 16.5 Å². The lowest BCUT2D eigenvalue weighted by molar-refractivity contribution is -0.0158. The van der Waals surface area contributed by atoms with E-state index in [0.29, 0.717) is 17.8 Å². The number of ether oxygens (including phenoxy) is 2. The third-order valence-corrected chi connectivity index (χ3v) is 5.57. The number of likely N-dealkylation sites (N-methyl/N-ethyl adjacent to an activating group) is 1. The van der Waals surface area contributed by atoms with E-state index >= 15 is 0 Å². The summed E-state index contributed by atoms with van der Waals surface area (Å²) < 4.78 is 13.2. The number of H-pyrrole nitrogens is 1. The smallest absolute Gasteiger partial charge is 0.355 e. The van der Waals surface area contributed by atoms with Crippen LogP contribution in [0.5, 0.6) is 0 Å². The molecule has 2 aromatic rings. The maximum absolute atomic E-state index is 12.4. The zero-order chi connectivity index (χ0) is 18.3. The van der Waals surface area contributed by atoms with Crippen molar-refractivity contribution < 1.29 is 19.1 Å². The highest BCUT2D eigenvalue weighted by Crippen LogP contribution is 2.38. The largest absolute Gasteiger partial charge is 0.458 e. The number of nitrogens with zero attached hydrogens (tertiary/aromatic N) is 2. The minimum Gasteiger partial charge on any atom is -0.458 e. The highest BCUT2D eigenvalue weighted by atomic mass is 16.6. The number of fused-ring (bicyclic) bond motifs is 2. The molecule has 0 spiro atoms. The van der Waals surface area contributed by atoms with E-state index in [1.165, 1.54) is 0 Å². The number of carbonyl (C=O) groups is 2. The van der Waals surface area contributed by atoms with Crippen LogP contribution in [-0.4, -0.2) is 57.7 Å². The highest BCUT2D eigenvalue weighted by Gasteiger charge is 2.48. The highest BCUT2D eigenvalue weighted by molar-refractivity contribution is 5.88. The van der Waals surface area contributed by atoms with Gasteiger partial charge in [0.25, 0.3) is 0 Å². The van der Waals surface area contributed by atoms with Gasteiger partial charge in [0.2, 0.25) is 0 Å². The van der Waals surface area contributed by atoms with Gasteiger partial charge in [-0.05, 0) is 31.3 Å². The molecule has 0 aliphatic carbocycles. The third-order valence-electron chi connectivity index (χ3n) is 5.57. The number of nitrogens with one attached hydrogen (secondary N) is 1. The molecule has 2 aromatic heterocycles. The summed E-state index contributed by atoms with van der Waals surface area (Å²) in [7, 11) is 3.87. The second-order valence-corrected chi connectivity index (χ2v) is 7.15. The number of esters is 2. The fourth-order valence-corrected chi connectivity index (χ4v) is 4.14. The molecule has 4 atom stereocenters. The Balaban J connectivity index is 1.40. The Labute approximate surface area is 151 Å². The molecule has 7 nitrogen and oxygen atoms in total. The molecular formula is C19H23N3O4. The average molecular weight is 357 g/mol. The first-order valence-electron chi connectivity index (χ1n) is 8.91. The van der Waals surface area contributed by atoms with E-state index in [1.807, 2.05) is 26.4 Å². The number of aromatic nitrogens is 2. The molecule has 138 valence electrons. The van der Waals surface area contributed by atoms with E-state index in [0.717, 1.165) is 12.8 Å². The van der Waals surface area contributed by atoms with Gasteiger partial charge in [0.05, 0.1) is 6.04 Å². The van der Waals surface area contributed by atoms with Crippen molar-refractivity contribution in [2.75, 3.05) is 7.05 Å². The molecule has 0 amide bonds. The number of aryl methyl sites for hydroxylation is 1. The number of hydrogen-bond acceptors (Lipinski definition) is 5. The lowest BCUT2D eigenvalue weighted by Crippen LogP contribution is -2.46. The van der Waals surface area contributed by atoms with Crippen LogP contribution in [0.4, 0.5) is 0 Å². The van der Waals surface area contributed by atoms with Gasteiger partial charge in [-0.15, -0.1) is 0 Å². The fraction of sp³-hybridized carbons (Fsp3) is 0.474.